The summed E-state index contributed by atoms with van der Waals surface area (Å²) in [5.74, 6) is 0. The number of fused-ring (bicyclic) bond motifs is 1. The maximum Gasteiger partial charge on any atom is 0.243 e. The monoisotopic (exact) mass is 453 g/mol. The van der Waals surface area contributed by atoms with E-state index in [9.17, 15) is 8.42 Å². The highest BCUT2D eigenvalue weighted by molar-refractivity contribution is 7.89. The van der Waals surface area contributed by atoms with Gasteiger partial charge in [0.2, 0.25) is 10.0 Å². The summed E-state index contributed by atoms with van der Waals surface area (Å²) in [4.78, 5) is 0.312. The summed E-state index contributed by atoms with van der Waals surface area (Å²) in [7, 11) is -3.52. The van der Waals surface area contributed by atoms with E-state index in [0.29, 0.717) is 10.0 Å². The number of hydrogen-bond donors (Lipinski definition) is 2. The minimum Gasteiger partial charge on any atom is -0.332 e. The quantitative estimate of drug-likeness (QED) is 0.504. The van der Waals surface area contributed by atoms with Gasteiger partial charge in [0.1, 0.15) is 0 Å². The van der Waals surface area contributed by atoms with Gasteiger partial charge in [0, 0.05) is 28.8 Å². The van der Waals surface area contributed by atoms with Crippen LogP contribution < -0.4 is 10.6 Å². The van der Waals surface area contributed by atoms with Crippen LogP contribution in [0.4, 0.5) is 11.4 Å². The van der Waals surface area contributed by atoms with Gasteiger partial charge in [-0.1, -0.05) is 42.8 Å². The molecule has 0 aromatic heterocycles. The predicted molar refractivity (Wildman–Crippen MR) is 132 cm³/mol. The van der Waals surface area contributed by atoms with E-state index < -0.39 is 10.0 Å². The molecule has 1 heterocycles. The third-order valence-electron chi connectivity index (χ3n) is 5.84. The molecule has 7 heteroatoms. The number of anilines is 2. The molecule has 162 valence electrons. The molecular formula is C24H27N3O2S2. The summed E-state index contributed by atoms with van der Waals surface area (Å²) in [5.41, 5.74) is 1.65. The number of nitrogens with one attached hydrogen (secondary N) is 2. The summed E-state index contributed by atoms with van der Waals surface area (Å²) < 4.78 is 28.0. The average Bonchev–Trinajstić information content (AvgIpc) is 2.74. The Morgan fingerprint density at radius 2 is 1.55 bits per heavy atom. The van der Waals surface area contributed by atoms with Crippen LogP contribution in [0.1, 0.15) is 33.1 Å². The van der Waals surface area contributed by atoms with Gasteiger partial charge in [0.25, 0.3) is 0 Å². The van der Waals surface area contributed by atoms with Crippen molar-refractivity contribution in [3.05, 3.63) is 66.7 Å². The molecule has 0 bridgehead atoms. The Morgan fingerprint density at radius 1 is 0.903 bits per heavy atom. The first kappa shape index (κ1) is 21.7. The van der Waals surface area contributed by atoms with Gasteiger partial charge in [-0.15, -0.1) is 0 Å². The lowest BCUT2D eigenvalue weighted by atomic mass is 10.0. The first-order chi connectivity index (χ1) is 14.9. The van der Waals surface area contributed by atoms with E-state index in [1.807, 2.05) is 44.2 Å². The van der Waals surface area contributed by atoms with E-state index in [2.05, 4.69) is 22.8 Å². The topological polar surface area (TPSA) is 61.4 Å². The van der Waals surface area contributed by atoms with Gasteiger partial charge in [-0.05, 0) is 74.6 Å². The summed E-state index contributed by atoms with van der Waals surface area (Å²) in [6.45, 7) is 3.97. The number of nitrogens with zero attached hydrogens (tertiary/aromatic N) is 1. The zero-order valence-electron chi connectivity index (χ0n) is 17.7. The molecule has 31 heavy (non-hydrogen) atoms. The zero-order chi connectivity index (χ0) is 22.0. The van der Waals surface area contributed by atoms with E-state index >= 15 is 0 Å². The van der Waals surface area contributed by atoms with Gasteiger partial charge < -0.3 is 10.6 Å². The zero-order valence-corrected chi connectivity index (χ0v) is 19.3. The minimum atomic E-state index is -3.52. The lowest BCUT2D eigenvalue weighted by Crippen LogP contribution is -2.47. The van der Waals surface area contributed by atoms with E-state index in [4.69, 9.17) is 12.2 Å². The molecule has 0 saturated carbocycles. The first-order valence-electron chi connectivity index (χ1n) is 10.6. The third-order valence-corrected chi connectivity index (χ3v) is 8.18. The highest BCUT2D eigenvalue weighted by atomic mass is 32.2. The molecular weight excluding hydrogens is 426 g/mol. The maximum atomic E-state index is 13.2. The summed E-state index contributed by atoms with van der Waals surface area (Å²) in [6.07, 6.45) is 2.87. The number of hydrogen-bond acceptors (Lipinski definition) is 3. The van der Waals surface area contributed by atoms with Crippen molar-refractivity contribution in [3.63, 3.8) is 0 Å². The smallest absolute Gasteiger partial charge is 0.243 e. The van der Waals surface area contributed by atoms with Crippen molar-refractivity contribution in [2.45, 2.75) is 50.1 Å². The van der Waals surface area contributed by atoms with E-state index in [1.165, 1.54) is 0 Å². The van der Waals surface area contributed by atoms with E-state index in [-0.39, 0.29) is 12.1 Å². The number of benzene rings is 3. The molecule has 2 N–H and O–H groups in total. The molecule has 0 aliphatic carbocycles. The highest BCUT2D eigenvalue weighted by Gasteiger charge is 2.35. The largest absolute Gasteiger partial charge is 0.332 e. The number of piperidine rings is 1. The van der Waals surface area contributed by atoms with Crippen LogP contribution in [0, 0.1) is 0 Å². The molecule has 1 aliphatic heterocycles. The fraction of sp³-hybridized carbons (Fsp3) is 0.292. The van der Waals surface area contributed by atoms with Crippen molar-refractivity contribution >= 4 is 49.5 Å². The van der Waals surface area contributed by atoms with Crippen LogP contribution >= 0.6 is 12.2 Å². The van der Waals surface area contributed by atoms with Crippen LogP contribution in [0.2, 0.25) is 0 Å². The first-order valence-corrected chi connectivity index (χ1v) is 12.4. The standard InChI is InChI=1S/C24H27N3O2S2/c1-17-7-5-8-18(2)27(17)31(28,29)21-15-13-20(14-16-21)25-24(30)26-23-12-6-10-19-9-3-4-11-22(19)23/h3-4,6,9-18H,5,7-8H2,1-2H3,(H2,25,26,30)/t17-,18+. The lowest BCUT2D eigenvalue weighted by Gasteiger charge is -2.37. The van der Waals surface area contributed by atoms with Crippen molar-refractivity contribution in [1.82, 2.24) is 4.31 Å². The second-order valence-electron chi connectivity index (χ2n) is 8.09. The molecule has 3 aromatic rings. The molecule has 0 unspecified atom stereocenters. The Balaban J connectivity index is 1.47. The number of sulfonamides is 1. The van der Waals surface area contributed by atoms with Crippen LogP contribution in [-0.2, 0) is 10.0 Å². The van der Waals surface area contributed by atoms with Gasteiger partial charge in [-0.3, -0.25) is 0 Å². The molecule has 2 atom stereocenters. The Kier molecular flexibility index (Phi) is 6.27. The second-order valence-corrected chi connectivity index (χ2v) is 10.3. The van der Waals surface area contributed by atoms with Crippen LogP contribution in [0.5, 0.6) is 0 Å². The normalized spacial score (nSPS) is 19.8. The molecule has 1 fully saturated rings. The number of thiocarbonyl (C=S) groups is 1. The molecule has 5 nitrogen and oxygen atoms in total. The predicted octanol–water partition coefficient (Wildman–Crippen LogP) is 5.60. The van der Waals surface area contributed by atoms with E-state index in [1.54, 1.807) is 28.6 Å². The van der Waals surface area contributed by atoms with Gasteiger partial charge in [0.05, 0.1) is 4.90 Å². The molecule has 0 amide bonds. The SMILES string of the molecule is C[C@@H]1CCC[C@H](C)N1S(=O)(=O)c1ccc(NC(=S)Nc2cccc3ccccc23)cc1. The van der Waals surface area contributed by atoms with Gasteiger partial charge in [0.15, 0.2) is 5.11 Å². The molecule has 0 radical (unpaired) electrons. The van der Waals surface area contributed by atoms with Crippen LogP contribution in [-0.4, -0.2) is 29.9 Å². The molecule has 4 rings (SSSR count). The second kappa shape index (κ2) is 8.94. The van der Waals surface area contributed by atoms with Crippen molar-refractivity contribution in [3.8, 4) is 0 Å². The van der Waals surface area contributed by atoms with Crippen molar-refractivity contribution in [2.75, 3.05) is 10.6 Å². The fourth-order valence-corrected chi connectivity index (χ4v) is 6.43. The molecule has 3 aromatic carbocycles. The van der Waals surface area contributed by atoms with Gasteiger partial charge >= 0.3 is 0 Å². The Bertz CT molecular complexity index is 1180. The van der Waals surface area contributed by atoms with Crippen molar-refractivity contribution in [2.24, 2.45) is 0 Å². The third kappa shape index (κ3) is 4.59. The van der Waals surface area contributed by atoms with Crippen LogP contribution in [0.3, 0.4) is 0 Å². The summed E-state index contributed by atoms with van der Waals surface area (Å²) in [5, 5.41) is 9.04. The summed E-state index contributed by atoms with van der Waals surface area (Å²) in [6, 6.07) is 20.9. The van der Waals surface area contributed by atoms with Crippen molar-refractivity contribution in [1.29, 1.82) is 0 Å². The highest BCUT2D eigenvalue weighted by Crippen LogP contribution is 2.30. The van der Waals surface area contributed by atoms with Crippen LogP contribution in [0.15, 0.2) is 71.6 Å². The van der Waals surface area contributed by atoms with Gasteiger partial charge in [-0.2, -0.15) is 4.31 Å². The Morgan fingerprint density at radius 3 is 2.26 bits per heavy atom. The maximum absolute atomic E-state index is 13.2. The average molecular weight is 454 g/mol. The molecule has 0 spiro atoms. The lowest BCUT2D eigenvalue weighted by molar-refractivity contribution is 0.204. The minimum absolute atomic E-state index is 0.0176. The summed E-state index contributed by atoms with van der Waals surface area (Å²) >= 11 is 5.47. The van der Waals surface area contributed by atoms with E-state index in [0.717, 1.165) is 41.4 Å². The molecule has 1 saturated heterocycles. The number of rotatable bonds is 4. The van der Waals surface area contributed by atoms with Crippen molar-refractivity contribution < 1.29 is 8.42 Å². The fourth-order valence-electron chi connectivity index (χ4n) is 4.32. The Labute approximate surface area is 189 Å². The molecule has 1 aliphatic rings. The van der Waals surface area contributed by atoms with Gasteiger partial charge in [-0.25, -0.2) is 8.42 Å². The van der Waals surface area contributed by atoms with Crippen LogP contribution in [0.25, 0.3) is 10.8 Å². The Hall–Kier alpha value is -2.48.